The van der Waals surface area contributed by atoms with Gasteiger partial charge in [0.05, 0.1) is 0 Å². The number of carboxylic acids is 1. The van der Waals surface area contributed by atoms with Crippen LogP contribution in [-0.4, -0.2) is 16.6 Å². The summed E-state index contributed by atoms with van der Waals surface area (Å²) in [7, 11) is 0. The maximum atomic E-state index is 10.5. The maximum absolute atomic E-state index is 10.5. The second kappa shape index (κ2) is 2.66. The minimum absolute atomic E-state index is 0.165. The van der Waals surface area contributed by atoms with Crippen LogP contribution in [0.15, 0.2) is 12.7 Å². The first-order valence-corrected chi connectivity index (χ1v) is 3.74. The Kier molecular flexibility index (Phi) is 2.00. The van der Waals surface area contributed by atoms with E-state index < -0.39 is 11.5 Å². The van der Waals surface area contributed by atoms with Crippen LogP contribution in [0.3, 0.4) is 0 Å². The van der Waals surface area contributed by atoms with Gasteiger partial charge in [-0.1, -0.05) is 6.08 Å². The normalized spacial score (nSPS) is 34.8. The molecule has 0 aromatic carbocycles. The number of rotatable bonds is 4. The first kappa shape index (κ1) is 8.27. The molecule has 0 aromatic rings. The molecule has 0 unspecified atom stereocenters. The maximum Gasteiger partial charge on any atom is 0.323 e. The molecule has 0 spiro atoms. The molecule has 0 heterocycles. The van der Waals surface area contributed by atoms with Gasteiger partial charge in [-0.05, 0) is 25.2 Å². The van der Waals surface area contributed by atoms with Crippen LogP contribution in [0.5, 0.6) is 0 Å². The van der Waals surface area contributed by atoms with E-state index in [2.05, 4.69) is 6.58 Å². The minimum atomic E-state index is -0.914. The molecule has 0 radical (unpaired) electrons. The summed E-state index contributed by atoms with van der Waals surface area (Å²) in [6.07, 6.45) is 4.12. The van der Waals surface area contributed by atoms with Gasteiger partial charge in [-0.3, -0.25) is 4.79 Å². The predicted octanol–water partition coefficient (Wildman–Crippen LogP) is 0.755. The summed E-state index contributed by atoms with van der Waals surface area (Å²) >= 11 is 0. The van der Waals surface area contributed by atoms with E-state index in [4.69, 9.17) is 10.8 Å². The molecule has 1 aliphatic carbocycles. The topological polar surface area (TPSA) is 63.3 Å². The molecule has 1 aliphatic rings. The van der Waals surface area contributed by atoms with Crippen LogP contribution in [0.2, 0.25) is 0 Å². The highest BCUT2D eigenvalue weighted by atomic mass is 16.4. The number of hydrogen-bond donors (Lipinski definition) is 2. The van der Waals surface area contributed by atoms with Crippen LogP contribution in [0.1, 0.15) is 19.3 Å². The van der Waals surface area contributed by atoms with E-state index in [1.54, 1.807) is 6.08 Å². The molecule has 3 nitrogen and oxygen atoms in total. The van der Waals surface area contributed by atoms with Gasteiger partial charge in [0, 0.05) is 0 Å². The lowest BCUT2D eigenvalue weighted by Crippen LogP contribution is -2.35. The van der Waals surface area contributed by atoms with Crippen LogP contribution < -0.4 is 5.73 Å². The molecular weight excluding hydrogens is 142 g/mol. The van der Waals surface area contributed by atoms with E-state index in [9.17, 15) is 4.79 Å². The van der Waals surface area contributed by atoms with Gasteiger partial charge in [-0.2, -0.15) is 0 Å². The van der Waals surface area contributed by atoms with Crippen LogP contribution in [0.25, 0.3) is 0 Å². The molecule has 2 atom stereocenters. The average Bonchev–Trinajstić information content (AvgIpc) is 2.59. The fraction of sp³-hybridized carbons (Fsp3) is 0.625. The molecule has 1 rings (SSSR count). The molecule has 0 bridgehead atoms. The van der Waals surface area contributed by atoms with Crippen molar-refractivity contribution in [1.82, 2.24) is 0 Å². The zero-order valence-corrected chi connectivity index (χ0v) is 6.42. The van der Waals surface area contributed by atoms with Gasteiger partial charge in [0.15, 0.2) is 0 Å². The quantitative estimate of drug-likeness (QED) is 0.589. The van der Waals surface area contributed by atoms with Crippen molar-refractivity contribution < 1.29 is 9.90 Å². The van der Waals surface area contributed by atoms with Crippen molar-refractivity contribution in [2.24, 2.45) is 11.7 Å². The number of hydrogen-bond acceptors (Lipinski definition) is 2. The fourth-order valence-corrected chi connectivity index (χ4v) is 1.29. The molecule has 1 saturated carbocycles. The molecule has 0 aliphatic heterocycles. The van der Waals surface area contributed by atoms with E-state index in [1.807, 2.05) is 0 Å². The van der Waals surface area contributed by atoms with Gasteiger partial charge in [0.1, 0.15) is 5.54 Å². The van der Waals surface area contributed by atoms with Crippen molar-refractivity contribution >= 4 is 5.97 Å². The third-order valence-electron chi connectivity index (χ3n) is 2.27. The van der Waals surface area contributed by atoms with Crippen molar-refractivity contribution in [2.45, 2.75) is 24.8 Å². The Hall–Kier alpha value is -0.830. The van der Waals surface area contributed by atoms with Gasteiger partial charge in [-0.25, -0.2) is 0 Å². The smallest absolute Gasteiger partial charge is 0.323 e. The second-order valence-corrected chi connectivity index (χ2v) is 3.11. The molecule has 3 N–H and O–H groups in total. The number of aliphatic carboxylic acids is 1. The zero-order valence-electron chi connectivity index (χ0n) is 6.42. The Bertz CT molecular complexity index is 191. The van der Waals surface area contributed by atoms with E-state index >= 15 is 0 Å². The van der Waals surface area contributed by atoms with E-state index in [-0.39, 0.29) is 5.92 Å². The van der Waals surface area contributed by atoms with Crippen molar-refractivity contribution in [3.8, 4) is 0 Å². The molecule has 11 heavy (non-hydrogen) atoms. The first-order chi connectivity index (χ1) is 5.11. The van der Waals surface area contributed by atoms with Gasteiger partial charge < -0.3 is 10.8 Å². The summed E-state index contributed by atoms with van der Waals surface area (Å²) in [6.45, 7) is 3.56. The van der Waals surface area contributed by atoms with Crippen LogP contribution in [0, 0.1) is 5.92 Å². The predicted molar refractivity (Wildman–Crippen MR) is 42.1 cm³/mol. The Morgan fingerprint density at radius 2 is 2.55 bits per heavy atom. The van der Waals surface area contributed by atoms with Gasteiger partial charge in [-0.15, -0.1) is 6.58 Å². The molecule has 3 heteroatoms. The number of nitrogens with two attached hydrogens (primary N) is 1. The summed E-state index contributed by atoms with van der Waals surface area (Å²) in [4.78, 5) is 10.5. The molecule has 0 saturated heterocycles. The minimum Gasteiger partial charge on any atom is -0.480 e. The summed E-state index contributed by atoms with van der Waals surface area (Å²) in [6, 6.07) is 0. The highest BCUT2D eigenvalue weighted by Crippen LogP contribution is 2.44. The molecule has 0 aromatic heterocycles. The zero-order chi connectivity index (χ0) is 8.48. The monoisotopic (exact) mass is 155 g/mol. The average molecular weight is 155 g/mol. The van der Waals surface area contributed by atoms with E-state index in [1.165, 1.54) is 0 Å². The third kappa shape index (κ3) is 1.43. The highest BCUT2D eigenvalue weighted by molar-refractivity contribution is 5.82. The lowest BCUT2D eigenvalue weighted by atomic mass is 10.1. The lowest BCUT2D eigenvalue weighted by molar-refractivity contribution is -0.140. The van der Waals surface area contributed by atoms with Crippen LogP contribution >= 0.6 is 0 Å². The van der Waals surface area contributed by atoms with Gasteiger partial charge in [0.2, 0.25) is 0 Å². The SMILES string of the molecule is C=CCC[C@H]1C[C@@]1(N)C(=O)O. The number of carbonyl (C=O) groups is 1. The van der Waals surface area contributed by atoms with Crippen LogP contribution in [-0.2, 0) is 4.79 Å². The first-order valence-electron chi connectivity index (χ1n) is 3.74. The van der Waals surface area contributed by atoms with Crippen LogP contribution in [0.4, 0.5) is 0 Å². The highest BCUT2D eigenvalue weighted by Gasteiger charge is 2.56. The molecular formula is C8H13NO2. The van der Waals surface area contributed by atoms with Gasteiger partial charge >= 0.3 is 5.97 Å². The fourth-order valence-electron chi connectivity index (χ4n) is 1.29. The largest absolute Gasteiger partial charge is 0.480 e. The lowest BCUT2D eigenvalue weighted by Gasteiger charge is -2.02. The molecule has 0 amide bonds. The third-order valence-corrected chi connectivity index (χ3v) is 2.27. The van der Waals surface area contributed by atoms with E-state index in [0.29, 0.717) is 6.42 Å². The second-order valence-electron chi connectivity index (χ2n) is 3.11. The summed E-state index contributed by atoms with van der Waals surface area (Å²) in [5.74, 6) is -0.704. The summed E-state index contributed by atoms with van der Waals surface area (Å²) < 4.78 is 0. The van der Waals surface area contributed by atoms with Crippen molar-refractivity contribution in [2.75, 3.05) is 0 Å². The van der Waals surface area contributed by atoms with E-state index in [0.717, 1.165) is 12.8 Å². The Labute approximate surface area is 65.9 Å². The Morgan fingerprint density at radius 3 is 2.91 bits per heavy atom. The van der Waals surface area contributed by atoms with Crippen molar-refractivity contribution in [1.29, 1.82) is 0 Å². The number of carboxylic acid groups (broad SMARTS) is 1. The standard InChI is InChI=1S/C8H13NO2/c1-2-3-4-6-5-8(6,9)7(10)11/h2,6H,1,3-5,9H2,(H,10,11)/t6-,8-/m0/s1. The Morgan fingerprint density at radius 1 is 1.91 bits per heavy atom. The number of allylic oxidation sites excluding steroid dienone is 1. The Balaban J connectivity index is 2.34. The van der Waals surface area contributed by atoms with Gasteiger partial charge in [0.25, 0.3) is 0 Å². The van der Waals surface area contributed by atoms with Crippen molar-refractivity contribution in [3.05, 3.63) is 12.7 Å². The summed E-state index contributed by atoms with van der Waals surface area (Å²) in [5.41, 5.74) is 4.63. The van der Waals surface area contributed by atoms with Crippen molar-refractivity contribution in [3.63, 3.8) is 0 Å². The molecule has 62 valence electrons. The summed E-state index contributed by atoms with van der Waals surface area (Å²) in [5, 5.41) is 8.63. The molecule has 1 fully saturated rings.